The van der Waals surface area contributed by atoms with Crippen molar-refractivity contribution in [3.8, 4) is 10.4 Å². The molecule has 134 valence electrons. The number of thiophene rings is 1. The third-order valence-electron chi connectivity index (χ3n) is 4.66. The normalized spacial score (nSPS) is 18.5. The molecule has 25 heavy (non-hydrogen) atoms. The Hall–Kier alpha value is -1.66. The van der Waals surface area contributed by atoms with Crippen molar-refractivity contribution in [3.63, 3.8) is 0 Å². The van der Waals surface area contributed by atoms with E-state index in [0.717, 1.165) is 10.4 Å². The lowest BCUT2D eigenvalue weighted by Crippen LogP contribution is -2.39. The number of hydrogen-bond donors (Lipinski definition) is 0. The molecule has 0 spiro atoms. The molecular weight excluding hydrogens is 354 g/mol. The second kappa shape index (κ2) is 6.57. The number of hydrogen-bond acceptors (Lipinski definition) is 4. The van der Waals surface area contributed by atoms with Gasteiger partial charge in [0, 0.05) is 23.5 Å². The summed E-state index contributed by atoms with van der Waals surface area (Å²) in [4.78, 5) is 15.5. The fourth-order valence-corrected chi connectivity index (χ4v) is 5.59. The first-order chi connectivity index (χ1) is 11.7. The maximum absolute atomic E-state index is 12.7. The number of carbonyl (C=O) groups excluding carboxylic acids is 1. The first-order valence-electron chi connectivity index (χ1n) is 8.37. The van der Waals surface area contributed by atoms with Crippen molar-refractivity contribution < 1.29 is 13.2 Å². The summed E-state index contributed by atoms with van der Waals surface area (Å²) in [6.07, 6.45) is 0.513. The molecule has 0 bridgehead atoms. The molecule has 1 atom stereocenters. The van der Waals surface area contributed by atoms with E-state index in [1.54, 1.807) is 37.0 Å². The van der Waals surface area contributed by atoms with Crippen LogP contribution in [0.25, 0.3) is 10.4 Å². The van der Waals surface area contributed by atoms with E-state index in [1.807, 2.05) is 41.8 Å². The quantitative estimate of drug-likeness (QED) is 0.816. The Morgan fingerprint density at radius 3 is 2.40 bits per heavy atom. The summed E-state index contributed by atoms with van der Waals surface area (Å²) in [6, 6.07) is 11.6. The zero-order valence-corrected chi connectivity index (χ0v) is 16.4. The molecule has 1 aliphatic heterocycles. The molecule has 4 nitrogen and oxygen atoms in total. The second-order valence-electron chi connectivity index (χ2n) is 7.37. The molecule has 3 rings (SSSR count). The van der Waals surface area contributed by atoms with Crippen LogP contribution in [0.5, 0.6) is 0 Å². The standard InChI is InChI=1S/C19H23NO3S2/c1-19(2,3)25(22,23)16-10-11-20(13-16)18(21)15-8-6-14(7-9-15)17-5-4-12-24-17/h4-9,12,16H,10-11,13H2,1-3H3/t16-/m0/s1. The summed E-state index contributed by atoms with van der Waals surface area (Å²) in [6.45, 7) is 5.93. The Balaban J connectivity index is 1.72. The zero-order chi connectivity index (χ0) is 18.2. The average Bonchev–Trinajstić information content (AvgIpc) is 3.25. The van der Waals surface area contributed by atoms with Gasteiger partial charge in [-0.2, -0.15) is 0 Å². The van der Waals surface area contributed by atoms with E-state index in [4.69, 9.17) is 0 Å². The van der Waals surface area contributed by atoms with Gasteiger partial charge in [-0.05, 0) is 56.3 Å². The Kier molecular flexibility index (Phi) is 4.77. The lowest BCUT2D eigenvalue weighted by atomic mass is 10.1. The van der Waals surface area contributed by atoms with Gasteiger partial charge in [0.15, 0.2) is 9.84 Å². The molecule has 0 N–H and O–H groups in total. The minimum absolute atomic E-state index is 0.0932. The van der Waals surface area contributed by atoms with Crippen LogP contribution in [0.15, 0.2) is 41.8 Å². The molecule has 1 aromatic heterocycles. The maximum Gasteiger partial charge on any atom is 0.253 e. The SMILES string of the molecule is CC(C)(C)S(=O)(=O)[C@H]1CCN(C(=O)c2ccc(-c3cccs3)cc2)C1. The van der Waals surface area contributed by atoms with Crippen LogP contribution in [0, 0.1) is 0 Å². The number of carbonyl (C=O) groups is 1. The van der Waals surface area contributed by atoms with Crippen LogP contribution < -0.4 is 0 Å². The molecule has 2 aromatic rings. The molecule has 0 saturated carbocycles. The van der Waals surface area contributed by atoms with E-state index < -0.39 is 19.8 Å². The van der Waals surface area contributed by atoms with Gasteiger partial charge in [0.25, 0.3) is 5.91 Å². The van der Waals surface area contributed by atoms with Gasteiger partial charge in [-0.3, -0.25) is 4.79 Å². The Labute approximate surface area is 153 Å². The van der Waals surface area contributed by atoms with Crippen molar-refractivity contribution >= 4 is 27.1 Å². The molecule has 0 radical (unpaired) electrons. The maximum atomic E-state index is 12.7. The van der Waals surface area contributed by atoms with Crippen LogP contribution in [0.4, 0.5) is 0 Å². The smallest absolute Gasteiger partial charge is 0.253 e. The number of benzene rings is 1. The van der Waals surface area contributed by atoms with Crippen molar-refractivity contribution in [1.29, 1.82) is 0 Å². The van der Waals surface area contributed by atoms with E-state index in [1.165, 1.54) is 0 Å². The highest BCUT2D eigenvalue weighted by Crippen LogP contribution is 2.29. The lowest BCUT2D eigenvalue weighted by Gasteiger charge is -2.24. The molecule has 0 unspecified atom stereocenters. The molecular formula is C19H23NO3S2. The number of rotatable bonds is 3. The van der Waals surface area contributed by atoms with Crippen LogP contribution in [0.2, 0.25) is 0 Å². The fourth-order valence-electron chi connectivity index (χ4n) is 3.07. The molecule has 1 amide bonds. The molecule has 2 heterocycles. The van der Waals surface area contributed by atoms with E-state index in [9.17, 15) is 13.2 Å². The lowest BCUT2D eigenvalue weighted by molar-refractivity contribution is 0.0793. The van der Waals surface area contributed by atoms with Crippen LogP contribution in [-0.2, 0) is 9.84 Å². The van der Waals surface area contributed by atoms with Crippen LogP contribution in [0.3, 0.4) is 0 Å². The summed E-state index contributed by atoms with van der Waals surface area (Å²) in [7, 11) is -3.25. The van der Waals surface area contributed by atoms with Gasteiger partial charge < -0.3 is 4.90 Å². The Morgan fingerprint density at radius 1 is 1.16 bits per heavy atom. The first-order valence-corrected chi connectivity index (χ1v) is 10.8. The number of nitrogens with zero attached hydrogens (tertiary/aromatic N) is 1. The molecule has 1 saturated heterocycles. The van der Waals surface area contributed by atoms with Gasteiger partial charge in [0.1, 0.15) is 0 Å². The minimum Gasteiger partial charge on any atom is -0.337 e. The third-order valence-corrected chi connectivity index (χ3v) is 8.55. The minimum atomic E-state index is -3.25. The van der Waals surface area contributed by atoms with Gasteiger partial charge in [0.2, 0.25) is 0 Å². The van der Waals surface area contributed by atoms with Gasteiger partial charge in [-0.25, -0.2) is 8.42 Å². The highest BCUT2D eigenvalue weighted by atomic mass is 32.2. The van der Waals surface area contributed by atoms with Crippen LogP contribution in [-0.4, -0.2) is 42.3 Å². The van der Waals surface area contributed by atoms with Crippen molar-refractivity contribution in [3.05, 3.63) is 47.3 Å². The predicted octanol–water partition coefficient (Wildman–Crippen LogP) is 3.84. The van der Waals surface area contributed by atoms with Crippen molar-refractivity contribution in [2.24, 2.45) is 0 Å². The van der Waals surface area contributed by atoms with Gasteiger partial charge in [0.05, 0.1) is 10.00 Å². The average molecular weight is 378 g/mol. The molecule has 1 aromatic carbocycles. The van der Waals surface area contributed by atoms with Crippen molar-refractivity contribution in [1.82, 2.24) is 4.90 Å². The van der Waals surface area contributed by atoms with Crippen LogP contribution in [0.1, 0.15) is 37.6 Å². The summed E-state index contributed by atoms with van der Waals surface area (Å²) >= 11 is 1.66. The van der Waals surface area contributed by atoms with E-state index in [2.05, 4.69) is 0 Å². The number of sulfone groups is 1. The van der Waals surface area contributed by atoms with Crippen molar-refractivity contribution in [2.75, 3.05) is 13.1 Å². The number of amides is 1. The summed E-state index contributed by atoms with van der Waals surface area (Å²) in [5.74, 6) is -0.0932. The molecule has 0 aliphatic carbocycles. The largest absolute Gasteiger partial charge is 0.337 e. The van der Waals surface area contributed by atoms with Gasteiger partial charge in [-0.1, -0.05) is 18.2 Å². The molecule has 1 aliphatic rings. The van der Waals surface area contributed by atoms with E-state index in [0.29, 0.717) is 18.5 Å². The zero-order valence-electron chi connectivity index (χ0n) is 14.7. The second-order valence-corrected chi connectivity index (χ2v) is 11.3. The first kappa shape index (κ1) is 18.1. The Bertz CT molecular complexity index is 847. The predicted molar refractivity (Wildman–Crippen MR) is 103 cm³/mol. The van der Waals surface area contributed by atoms with E-state index in [-0.39, 0.29) is 12.5 Å². The van der Waals surface area contributed by atoms with Gasteiger partial charge >= 0.3 is 0 Å². The van der Waals surface area contributed by atoms with Crippen molar-refractivity contribution in [2.45, 2.75) is 37.2 Å². The van der Waals surface area contributed by atoms with E-state index >= 15 is 0 Å². The molecule has 6 heteroatoms. The molecule has 1 fully saturated rings. The fraction of sp³-hybridized carbons (Fsp3) is 0.421. The topological polar surface area (TPSA) is 54.5 Å². The highest BCUT2D eigenvalue weighted by molar-refractivity contribution is 7.93. The van der Waals surface area contributed by atoms with Crippen LogP contribution >= 0.6 is 11.3 Å². The number of likely N-dealkylation sites (tertiary alicyclic amines) is 1. The monoisotopic (exact) mass is 377 g/mol. The summed E-state index contributed by atoms with van der Waals surface area (Å²) in [5, 5.41) is 1.55. The summed E-state index contributed by atoms with van der Waals surface area (Å²) in [5.41, 5.74) is 1.69. The summed E-state index contributed by atoms with van der Waals surface area (Å²) < 4.78 is 24.4. The highest BCUT2D eigenvalue weighted by Gasteiger charge is 2.41. The van der Waals surface area contributed by atoms with Gasteiger partial charge in [-0.15, -0.1) is 11.3 Å². The Morgan fingerprint density at radius 2 is 1.84 bits per heavy atom. The third kappa shape index (κ3) is 3.51.